The van der Waals surface area contributed by atoms with E-state index in [9.17, 15) is 9.90 Å². The van der Waals surface area contributed by atoms with E-state index in [0.29, 0.717) is 12.5 Å². The fourth-order valence-electron chi connectivity index (χ4n) is 1.63. The van der Waals surface area contributed by atoms with Crippen molar-refractivity contribution in [3.8, 4) is 0 Å². The van der Waals surface area contributed by atoms with Crippen LogP contribution in [0.3, 0.4) is 0 Å². The van der Waals surface area contributed by atoms with E-state index in [-0.39, 0.29) is 11.8 Å². The van der Waals surface area contributed by atoms with E-state index < -0.39 is 5.60 Å². The predicted octanol–water partition coefficient (Wildman–Crippen LogP) is 0.139. The minimum absolute atomic E-state index is 0.0509. The maximum atomic E-state index is 11.0. The molecule has 1 aliphatic rings. The van der Waals surface area contributed by atoms with Gasteiger partial charge in [-0.3, -0.25) is 4.79 Å². The zero-order valence-corrected chi connectivity index (χ0v) is 7.22. The van der Waals surface area contributed by atoms with Crippen molar-refractivity contribution in [1.82, 2.24) is 5.32 Å². The number of hydrogen-bond acceptors (Lipinski definition) is 2. The van der Waals surface area contributed by atoms with Gasteiger partial charge in [-0.05, 0) is 12.8 Å². The Labute approximate surface area is 66.8 Å². The van der Waals surface area contributed by atoms with Gasteiger partial charge in [-0.2, -0.15) is 0 Å². The van der Waals surface area contributed by atoms with Crippen LogP contribution in [0.1, 0.15) is 20.8 Å². The van der Waals surface area contributed by atoms with Crippen molar-refractivity contribution >= 4 is 5.91 Å². The summed E-state index contributed by atoms with van der Waals surface area (Å²) in [4.78, 5) is 11.0. The quantitative estimate of drug-likeness (QED) is 0.569. The van der Waals surface area contributed by atoms with E-state index in [1.165, 1.54) is 0 Å². The van der Waals surface area contributed by atoms with Crippen LogP contribution < -0.4 is 5.32 Å². The van der Waals surface area contributed by atoms with E-state index in [1.54, 1.807) is 6.92 Å². The molecule has 0 aromatic rings. The normalized spacial score (nSPS) is 37.9. The third kappa shape index (κ3) is 1.25. The smallest absolute Gasteiger partial charge is 0.252 e. The largest absolute Gasteiger partial charge is 0.380 e. The van der Waals surface area contributed by atoms with Gasteiger partial charge in [-0.15, -0.1) is 0 Å². The molecule has 1 amide bonds. The molecule has 2 atom stereocenters. The van der Waals surface area contributed by atoms with Crippen molar-refractivity contribution in [3.63, 3.8) is 0 Å². The summed E-state index contributed by atoms with van der Waals surface area (Å²) in [5.41, 5.74) is -1.16. The molecule has 1 aliphatic heterocycles. The van der Waals surface area contributed by atoms with Gasteiger partial charge < -0.3 is 10.4 Å². The molecule has 3 nitrogen and oxygen atoms in total. The first kappa shape index (κ1) is 8.53. The van der Waals surface area contributed by atoms with Gasteiger partial charge in [-0.1, -0.05) is 13.8 Å². The fourth-order valence-corrected chi connectivity index (χ4v) is 1.63. The van der Waals surface area contributed by atoms with Gasteiger partial charge in [-0.25, -0.2) is 0 Å². The SMILES string of the molecule is CC(C)C1CNC(=O)C1(C)O. The Kier molecular flexibility index (Phi) is 1.92. The number of hydrogen-bond donors (Lipinski definition) is 2. The lowest BCUT2D eigenvalue weighted by atomic mass is 9.83. The molecule has 2 unspecified atom stereocenters. The number of amides is 1. The van der Waals surface area contributed by atoms with Crippen LogP contribution >= 0.6 is 0 Å². The van der Waals surface area contributed by atoms with E-state index in [0.717, 1.165) is 0 Å². The molecule has 3 heteroatoms. The number of rotatable bonds is 1. The van der Waals surface area contributed by atoms with Crippen molar-refractivity contribution in [2.75, 3.05) is 6.54 Å². The Morgan fingerprint density at radius 2 is 2.27 bits per heavy atom. The van der Waals surface area contributed by atoms with Crippen molar-refractivity contribution in [2.24, 2.45) is 11.8 Å². The summed E-state index contributed by atoms with van der Waals surface area (Å²) in [6, 6.07) is 0. The molecule has 0 radical (unpaired) electrons. The summed E-state index contributed by atoms with van der Waals surface area (Å²) in [5, 5.41) is 12.3. The molecule has 64 valence electrons. The standard InChI is InChI=1S/C8H15NO2/c1-5(2)6-4-9-7(10)8(6,3)11/h5-6,11H,4H2,1-3H3,(H,9,10). The second kappa shape index (κ2) is 2.48. The zero-order valence-electron chi connectivity index (χ0n) is 7.22. The molecule has 1 rings (SSSR count). The van der Waals surface area contributed by atoms with E-state index in [1.807, 2.05) is 13.8 Å². The van der Waals surface area contributed by atoms with Crippen molar-refractivity contribution in [2.45, 2.75) is 26.4 Å². The maximum Gasteiger partial charge on any atom is 0.252 e. The van der Waals surface area contributed by atoms with Crippen LogP contribution in [0.2, 0.25) is 0 Å². The third-order valence-electron chi connectivity index (χ3n) is 2.47. The highest BCUT2D eigenvalue weighted by atomic mass is 16.3. The number of carbonyl (C=O) groups excluding carboxylic acids is 1. The highest BCUT2D eigenvalue weighted by Crippen LogP contribution is 2.28. The highest BCUT2D eigenvalue weighted by molar-refractivity contribution is 5.87. The summed E-state index contributed by atoms with van der Waals surface area (Å²) in [5.74, 6) is 0.148. The van der Waals surface area contributed by atoms with Crippen LogP contribution in [0, 0.1) is 11.8 Å². The van der Waals surface area contributed by atoms with Gasteiger partial charge in [0.1, 0.15) is 5.60 Å². The Morgan fingerprint density at radius 1 is 1.73 bits per heavy atom. The van der Waals surface area contributed by atoms with Crippen LogP contribution in [0.5, 0.6) is 0 Å². The first-order chi connectivity index (χ1) is 4.96. The molecule has 1 saturated heterocycles. The number of aliphatic hydroxyl groups is 1. The van der Waals surface area contributed by atoms with Crippen molar-refractivity contribution in [3.05, 3.63) is 0 Å². The summed E-state index contributed by atoms with van der Waals surface area (Å²) >= 11 is 0. The molecule has 0 spiro atoms. The molecular weight excluding hydrogens is 142 g/mol. The summed E-state index contributed by atoms with van der Waals surface area (Å²) in [6.45, 7) is 6.21. The molecule has 1 fully saturated rings. The minimum atomic E-state index is -1.16. The molecular formula is C8H15NO2. The van der Waals surface area contributed by atoms with Crippen LogP contribution in [0.25, 0.3) is 0 Å². The lowest BCUT2D eigenvalue weighted by molar-refractivity contribution is -0.137. The molecule has 0 bridgehead atoms. The zero-order chi connectivity index (χ0) is 8.65. The molecule has 0 aromatic heterocycles. The lowest BCUT2D eigenvalue weighted by Crippen LogP contribution is -2.40. The van der Waals surface area contributed by atoms with Gasteiger partial charge in [0.2, 0.25) is 0 Å². The molecule has 0 aliphatic carbocycles. The van der Waals surface area contributed by atoms with Gasteiger partial charge in [0.25, 0.3) is 5.91 Å². The average molecular weight is 157 g/mol. The molecule has 1 heterocycles. The minimum Gasteiger partial charge on any atom is -0.380 e. The summed E-state index contributed by atoms with van der Waals surface area (Å²) in [6.07, 6.45) is 0. The van der Waals surface area contributed by atoms with Crippen molar-refractivity contribution in [1.29, 1.82) is 0 Å². The van der Waals surface area contributed by atoms with E-state index >= 15 is 0 Å². The van der Waals surface area contributed by atoms with Gasteiger partial charge in [0.05, 0.1) is 0 Å². The lowest BCUT2D eigenvalue weighted by Gasteiger charge is -2.24. The number of nitrogens with one attached hydrogen (secondary N) is 1. The van der Waals surface area contributed by atoms with Crippen LogP contribution in [0.4, 0.5) is 0 Å². The van der Waals surface area contributed by atoms with Crippen molar-refractivity contribution < 1.29 is 9.90 Å². The summed E-state index contributed by atoms with van der Waals surface area (Å²) in [7, 11) is 0. The van der Waals surface area contributed by atoms with Crippen LogP contribution in [0.15, 0.2) is 0 Å². The van der Waals surface area contributed by atoms with Gasteiger partial charge >= 0.3 is 0 Å². The van der Waals surface area contributed by atoms with E-state index in [2.05, 4.69) is 5.32 Å². The fraction of sp³-hybridized carbons (Fsp3) is 0.875. The maximum absolute atomic E-state index is 11.0. The summed E-state index contributed by atoms with van der Waals surface area (Å²) < 4.78 is 0. The highest BCUT2D eigenvalue weighted by Gasteiger charge is 2.45. The average Bonchev–Trinajstić information content (AvgIpc) is 2.08. The van der Waals surface area contributed by atoms with E-state index in [4.69, 9.17) is 0 Å². The molecule has 11 heavy (non-hydrogen) atoms. The molecule has 2 N–H and O–H groups in total. The first-order valence-corrected chi connectivity index (χ1v) is 3.97. The van der Waals surface area contributed by atoms with Gasteiger partial charge in [0, 0.05) is 12.5 Å². The Balaban J connectivity index is 2.78. The van der Waals surface area contributed by atoms with Crippen LogP contribution in [-0.2, 0) is 4.79 Å². The topological polar surface area (TPSA) is 49.3 Å². The molecule has 0 aromatic carbocycles. The second-order valence-electron chi connectivity index (χ2n) is 3.71. The number of carbonyl (C=O) groups is 1. The van der Waals surface area contributed by atoms with Crippen LogP contribution in [-0.4, -0.2) is 23.2 Å². The Morgan fingerprint density at radius 3 is 2.45 bits per heavy atom. The Bertz CT molecular complexity index is 175. The third-order valence-corrected chi connectivity index (χ3v) is 2.47. The monoisotopic (exact) mass is 157 g/mol. The van der Waals surface area contributed by atoms with Gasteiger partial charge in [0.15, 0.2) is 0 Å². The first-order valence-electron chi connectivity index (χ1n) is 3.97. The second-order valence-corrected chi connectivity index (χ2v) is 3.71. The molecule has 0 saturated carbocycles. The predicted molar refractivity (Wildman–Crippen MR) is 42.0 cm³/mol. The Hall–Kier alpha value is -0.570.